The summed E-state index contributed by atoms with van der Waals surface area (Å²) >= 11 is 0. The second kappa shape index (κ2) is 9.18. The Morgan fingerprint density at radius 1 is 1.19 bits per heavy atom. The van der Waals surface area contributed by atoms with Crippen molar-refractivity contribution in [2.45, 2.75) is 38.3 Å². The summed E-state index contributed by atoms with van der Waals surface area (Å²) in [5.74, 6) is 1.71. The Labute approximate surface area is 182 Å². The predicted molar refractivity (Wildman–Crippen MR) is 117 cm³/mol. The number of hydrogen-bond donors (Lipinski definition) is 0. The molecular weight excluding hydrogens is 397 g/mol. The average molecular weight is 428 g/mol. The Balaban J connectivity index is 1.56. The Bertz CT molecular complexity index is 934. The molecule has 0 spiro atoms. The number of likely N-dealkylation sites (N-methyl/N-ethyl adjacent to an activating group) is 1. The van der Waals surface area contributed by atoms with Crippen molar-refractivity contribution in [2.24, 2.45) is 0 Å². The molecule has 31 heavy (non-hydrogen) atoms. The van der Waals surface area contributed by atoms with Crippen molar-refractivity contribution >= 4 is 11.7 Å². The topological polar surface area (TPSA) is 61.8 Å². The van der Waals surface area contributed by atoms with Crippen molar-refractivity contribution in [2.75, 3.05) is 45.7 Å². The Kier molecular flexibility index (Phi) is 6.36. The average Bonchev–Trinajstić information content (AvgIpc) is 2.77. The maximum absolute atomic E-state index is 13.1. The number of likely N-dealkylation sites (tertiary alicyclic amines) is 1. The molecule has 2 aromatic rings. The van der Waals surface area contributed by atoms with Crippen LogP contribution in [0.1, 0.15) is 42.4 Å². The van der Waals surface area contributed by atoms with Crippen molar-refractivity contribution in [3.63, 3.8) is 0 Å². The highest BCUT2D eigenvalue weighted by molar-refractivity contribution is 5.78. The van der Waals surface area contributed by atoms with Crippen molar-refractivity contribution < 1.29 is 13.9 Å². The molecule has 1 fully saturated rings. The summed E-state index contributed by atoms with van der Waals surface area (Å²) in [6.45, 7) is 2.38. The molecule has 8 heteroatoms. The number of carbonyl (C=O) groups is 1. The molecule has 0 N–H and O–H groups in total. The van der Waals surface area contributed by atoms with Gasteiger partial charge in [0.1, 0.15) is 17.4 Å². The molecule has 7 nitrogen and oxygen atoms in total. The van der Waals surface area contributed by atoms with Gasteiger partial charge in [-0.25, -0.2) is 14.4 Å². The number of benzene rings is 1. The van der Waals surface area contributed by atoms with E-state index in [1.807, 2.05) is 23.9 Å². The van der Waals surface area contributed by atoms with E-state index in [0.717, 1.165) is 56.1 Å². The van der Waals surface area contributed by atoms with Gasteiger partial charge in [0.25, 0.3) is 5.91 Å². The number of amides is 1. The Morgan fingerprint density at radius 2 is 1.97 bits per heavy atom. The number of anilines is 1. The highest BCUT2D eigenvalue weighted by atomic mass is 19.1. The fourth-order valence-corrected chi connectivity index (χ4v) is 4.33. The van der Waals surface area contributed by atoms with E-state index in [4.69, 9.17) is 14.7 Å². The van der Waals surface area contributed by atoms with Gasteiger partial charge in [0.2, 0.25) is 0 Å². The molecule has 0 unspecified atom stereocenters. The summed E-state index contributed by atoms with van der Waals surface area (Å²) < 4.78 is 18.7. The van der Waals surface area contributed by atoms with E-state index in [1.54, 1.807) is 0 Å². The molecule has 1 aromatic heterocycles. The minimum absolute atomic E-state index is 0.0849. The molecule has 1 aromatic carbocycles. The maximum Gasteiger partial charge on any atom is 0.261 e. The highest BCUT2D eigenvalue weighted by Gasteiger charge is 2.32. The molecule has 1 amide bonds. The second-order valence-corrected chi connectivity index (χ2v) is 8.55. The van der Waals surface area contributed by atoms with Crippen molar-refractivity contribution in [3.05, 3.63) is 47.2 Å². The minimum atomic E-state index is -0.331. The molecule has 4 rings (SSSR count). The lowest BCUT2D eigenvalue weighted by Crippen LogP contribution is -2.42. The van der Waals surface area contributed by atoms with Gasteiger partial charge in [0, 0.05) is 45.7 Å². The van der Waals surface area contributed by atoms with E-state index in [0.29, 0.717) is 12.3 Å². The number of aromatic nitrogens is 2. The lowest BCUT2D eigenvalue weighted by Gasteiger charge is -2.36. The van der Waals surface area contributed by atoms with Gasteiger partial charge in [-0.2, -0.15) is 0 Å². The summed E-state index contributed by atoms with van der Waals surface area (Å²) in [6.07, 6.45) is 3.72. The van der Waals surface area contributed by atoms with Crippen LogP contribution in [-0.2, 0) is 17.8 Å². The highest BCUT2D eigenvalue weighted by Crippen LogP contribution is 2.33. The SMILES string of the molecule is CN1CCc2nc([C@H]3CCCCN3C(=O)COc3ccc(F)cc3)nc(N(C)C)c2C1. The lowest BCUT2D eigenvalue weighted by atomic mass is 10.00. The zero-order valence-electron chi connectivity index (χ0n) is 18.5. The van der Waals surface area contributed by atoms with E-state index in [-0.39, 0.29) is 24.4 Å². The normalized spacial score (nSPS) is 19.1. The minimum Gasteiger partial charge on any atom is -0.484 e. The number of rotatable bonds is 5. The smallest absolute Gasteiger partial charge is 0.261 e. The standard InChI is InChI=1S/C23H30FN5O2/c1-27(2)23-18-14-28(3)13-11-19(18)25-22(26-23)20-6-4-5-12-29(20)21(30)15-31-17-9-7-16(24)8-10-17/h7-10,20H,4-6,11-15H2,1-3H3/t20-/m1/s1. The fraction of sp³-hybridized carbons (Fsp3) is 0.522. The third-order valence-electron chi connectivity index (χ3n) is 5.97. The lowest BCUT2D eigenvalue weighted by molar-refractivity contribution is -0.137. The van der Waals surface area contributed by atoms with Crippen molar-refractivity contribution in [1.29, 1.82) is 0 Å². The zero-order valence-corrected chi connectivity index (χ0v) is 18.5. The summed E-state index contributed by atoms with van der Waals surface area (Å²) in [4.78, 5) is 29.0. The van der Waals surface area contributed by atoms with Crippen LogP contribution in [0.5, 0.6) is 5.75 Å². The van der Waals surface area contributed by atoms with Gasteiger partial charge in [-0.1, -0.05) is 0 Å². The quantitative estimate of drug-likeness (QED) is 0.731. The summed E-state index contributed by atoms with van der Waals surface area (Å²) in [7, 11) is 6.11. The van der Waals surface area contributed by atoms with E-state index in [1.165, 1.54) is 29.8 Å². The molecule has 3 heterocycles. The first kappa shape index (κ1) is 21.5. The number of halogens is 1. The first-order chi connectivity index (χ1) is 14.9. The summed E-state index contributed by atoms with van der Waals surface area (Å²) in [5, 5.41) is 0. The van der Waals surface area contributed by atoms with E-state index in [2.05, 4.69) is 11.9 Å². The molecule has 2 aliphatic rings. The number of hydrogen-bond acceptors (Lipinski definition) is 6. The van der Waals surface area contributed by atoms with E-state index in [9.17, 15) is 9.18 Å². The molecule has 0 aliphatic carbocycles. The monoisotopic (exact) mass is 427 g/mol. The van der Waals surface area contributed by atoms with Crippen LogP contribution < -0.4 is 9.64 Å². The number of ether oxygens (including phenoxy) is 1. The van der Waals surface area contributed by atoms with Gasteiger partial charge < -0.3 is 19.4 Å². The third kappa shape index (κ3) is 4.79. The largest absolute Gasteiger partial charge is 0.484 e. The van der Waals surface area contributed by atoms with Gasteiger partial charge in [-0.05, 0) is 50.6 Å². The van der Waals surface area contributed by atoms with Crippen LogP contribution in [0.25, 0.3) is 0 Å². The fourth-order valence-electron chi connectivity index (χ4n) is 4.33. The van der Waals surface area contributed by atoms with Crippen LogP contribution in [0, 0.1) is 5.82 Å². The molecule has 0 radical (unpaired) electrons. The van der Waals surface area contributed by atoms with Gasteiger partial charge in [-0.15, -0.1) is 0 Å². The third-order valence-corrected chi connectivity index (χ3v) is 5.97. The van der Waals surface area contributed by atoms with Crippen molar-refractivity contribution in [1.82, 2.24) is 19.8 Å². The molecule has 1 saturated heterocycles. The summed E-state index contributed by atoms with van der Waals surface area (Å²) in [6, 6.07) is 5.56. The van der Waals surface area contributed by atoms with Gasteiger partial charge in [0.15, 0.2) is 12.4 Å². The van der Waals surface area contributed by atoms with E-state index >= 15 is 0 Å². The van der Waals surface area contributed by atoms with Crippen LogP contribution in [0.3, 0.4) is 0 Å². The molecule has 1 atom stereocenters. The predicted octanol–water partition coefficient (Wildman–Crippen LogP) is 2.80. The second-order valence-electron chi connectivity index (χ2n) is 8.55. The van der Waals surface area contributed by atoms with Crippen LogP contribution in [0.15, 0.2) is 24.3 Å². The van der Waals surface area contributed by atoms with Gasteiger partial charge in [-0.3, -0.25) is 4.79 Å². The van der Waals surface area contributed by atoms with Crippen LogP contribution in [-0.4, -0.2) is 66.5 Å². The van der Waals surface area contributed by atoms with Crippen molar-refractivity contribution in [3.8, 4) is 5.75 Å². The first-order valence-corrected chi connectivity index (χ1v) is 10.9. The number of piperidine rings is 1. The molecule has 2 aliphatic heterocycles. The number of nitrogens with zero attached hydrogens (tertiary/aromatic N) is 5. The Morgan fingerprint density at radius 3 is 2.71 bits per heavy atom. The molecule has 0 bridgehead atoms. The Hall–Kier alpha value is -2.74. The van der Waals surface area contributed by atoms with Crippen LogP contribution in [0.4, 0.5) is 10.2 Å². The van der Waals surface area contributed by atoms with Gasteiger partial charge in [0.05, 0.1) is 11.7 Å². The number of fused-ring (bicyclic) bond motifs is 1. The zero-order chi connectivity index (χ0) is 22.0. The molecule has 166 valence electrons. The van der Waals surface area contributed by atoms with Gasteiger partial charge >= 0.3 is 0 Å². The molecular formula is C23H30FN5O2. The molecule has 0 saturated carbocycles. The first-order valence-electron chi connectivity index (χ1n) is 10.9. The van der Waals surface area contributed by atoms with E-state index < -0.39 is 0 Å². The van der Waals surface area contributed by atoms with Crippen LogP contribution in [0.2, 0.25) is 0 Å². The van der Waals surface area contributed by atoms with Crippen LogP contribution >= 0.6 is 0 Å². The summed E-state index contributed by atoms with van der Waals surface area (Å²) in [5.41, 5.74) is 2.27. The number of carbonyl (C=O) groups excluding carboxylic acids is 1. The maximum atomic E-state index is 13.1.